The lowest BCUT2D eigenvalue weighted by Gasteiger charge is -2.14. The van der Waals surface area contributed by atoms with Gasteiger partial charge in [-0.2, -0.15) is 0 Å². The van der Waals surface area contributed by atoms with Gasteiger partial charge in [0, 0.05) is 13.2 Å². The number of hydrogen-bond acceptors (Lipinski definition) is 2. The largest absolute Gasteiger partial charge is 1.00 e. The monoisotopic (exact) mass is 559 g/mol. The Bertz CT molecular complexity index is 428. The Hall–Kier alpha value is -0.160. The van der Waals surface area contributed by atoms with Gasteiger partial charge < -0.3 is 32.2 Å². The van der Waals surface area contributed by atoms with Crippen LogP contribution < -0.4 is 22.7 Å². The molecule has 0 aromatic carbocycles. The highest BCUT2D eigenvalue weighted by atomic mass is 79.9. The molecule has 4 heteroatoms. The standard InChI is InChI=1S/C31H61NO2.BrH/c1-3-5-7-9-11-13-15-17-19-21-23-25-27-33-30-31(29-32)34-28-26-24-22-20-18-16-14-12-10-8-6-4-2;/h9-12,31H,3-8,13-30,32H2,1-2H3;1H/b11-9-,12-10-;. The summed E-state index contributed by atoms with van der Waals surface area (Å²) in [6, 6.07) is 0. The van der Waals surface area contributed by atoms with Crippen molar-refractivity contribution in [3.05, 3.63) is 24.3 Å². The summed E-state index contributed by atoms with van der Waals surface area (Å²) in [5.41, 5.74) is 4.04. The van der Waals surface area contributed by atoms with Crippen LogP contribution in [0, 0.1) is 0 Å². The van der Waals surface area contributed by atoms with Gasteiger partial charge in [0.25, 0.3) is 0 Å². The van der Waals surface area contributed by atoms with E-state index in [0.29, 0.717) is 6.61 Å². The molecule has 0 aliphatic carbocycles. The van der Waals surface area contributed by atoms with Gasteiger partial charge in [-0.25, -0.2) is 0 Å². The summed E-state index contributed by atoms with van der Waals surface area (Å²) in [7, 11) is 0. The van der Waals surface area contributed by atoms with Gasteiger partial charge in [0.15, 0.2) is 0 Å². The maximum atomic E-state index is 5.99. The fourth-order valence-electron chi connectivity index (χ4n) is 4.04. The minimum atomic E-state index is 0. The number of halogens is 1. The molecule has 1 unspecified atom stereocenters. The molecule has 0 radical (unpaired) electrons. The predicted octanol–water partition coefficient (Wildman–Crippen LogP) is 5.59. The van der Waals surface area contributed by atoms with Crippen LogP contribution in [0.4, 0.5) is 0 Å². The molecule has 3 nitrogen and oxygen atoms in total. The van der Waals surface area contributed by atoms with Crippen molar-refractivity contribution in [2.75, 3.05) is 26.4 Å². The molecule has 210 valence electrons. The third kappa shape index (κ3) is 31.8. The summed E-state index contributed by atoms with van der Waals surface area (Å²) in [4.78, 5) is 0. The highest BCUT2D eigenvalue weighted by Crippen LogP contribution is 2.10. The summed E-state index contributed by atoms with van der Waals surface area (Å²) < 4.78 is 11.9. The zero-order valence-corrected chi connectivity index (χ0v) is 25.3. The molecule has 0 spiro atoms. The average molecular weight is 561 g/mol. The minimum Gasteiger partial charge on any atom is -1.00 e. The number of allylic oxidation sites excluding steroid dienone is 4. The van der Waals surface area contributed by atoms with Gasteiger partial charge in [-0.05, 0) is 51.4 Å². The third-order valence-corrected chi connectivity index (χ3v) is 6.44. The molecule has 0 aliphatic heterocycles. The first-order valence-electron chi connectivity index (χ1n) is 15.1. The van der Waals surface area contributed by atoms with Crippen LogP contribution in [0.3, 0.4) is 0 Å². The van der Waals surface area contributed by atoms with Crippen LogP contribution in [0.1, 0.15) is 142 Å². The Labute approximate surface area is 230 Å². The molecule has 3 N–H and O–H groups in total. The Morgan fingerprint density at radius 1 is 0.543 bits per heavy atom. The van der Waals surface area contributed by atoms with Crippen LogP contribution in [-0.4, -0.2) is 32.5 Å². The second-order valence-corrected chi connectivity index (χ2v) is 9.90. The molecule has 0 fully saturated rings. The molecule has 0 aromatic heterocycles. The molecule has 0 saturated heterocycles. The maximum absolute atomic E-state index is 5.99. The Balaban J connectivity index is 0. The highest BCUT2D eigenvalue weighted by Gasteiger charge is 2.08. The SMILES string of the molecule is CCCC/C=C\CCCCCCCCOCC(C[NH3+])OCCCCCCCC/C=C\CCCC.[Br-]. The van der Waals surface area contributed by atoms with Crippen LogP contribution in [0.25, 0.3) is 0 Å². The molecular weight excluding hydrogens is 498 g/mol. The van der Waals surface area contributed by atoms with Crippen molar-refractivity contribution in [3.63, 3.8) is 0 Å². The maximum Gasteiger partial charge on any atom is 0.129 e. The van der Waals surface area contributed by atoms with Crippen molar-refractivity contribution in [1.82, 2.24) is 0 Å². The Morgan fingerprint density at radius 2 is 0.943 bits per heavy atom. The van der Waals surface area contributed by atoms with E-state index in [-0.39, 0.29) is 23.1 Å². The van der Waals surface area contributed by atoms with Gasteiger partial charge >= 0.3 is 0 Å². The van der Waals surface area contributed by atoms with E-state index < -0.39 is 0 Å². The van der Waals surface area contributed by atoms with Gasteiger partial charge in [-0.1, -0.05) is 115 Å². The molecular formula is C31H62BrNO2. The van der Waals surface area contributed by atoms with Crippen molar-refractivity contribution in [3.8, 4) is 0 Å². The van der Waals surface area contributed by atoms with Crippen molar-refractivity contribution in [2.24, 2.45) is 0 Å². The number of hydrogen-bond donors (Lipinski definition) is 1. The molecule has 0 rings (SSSR count). The van der Waals surface area contributed by atoms with Crippen molar-refractivity contribution in [1.29, 1.82) is 0 Å². The topological polar surface area (TPSA) is 46.1 Å². The van der Waals surface area contributed by atoms with E-state index in [9.17, 15) is 0 Å². The molecule has 1 atom stereocenters. The van der Waals surface area contributed by atoms with Crippen molar-refractivity contribution >= 4 is 0 Å². The first kappa shape index (κ1) is 37.0. The Morgan fingerprint density at radius 3 is 1.40 bits per heavy atom. The Kier molecular flexibility index (Phi) is 35.8. The second-order valence-electron chi connectivity index (χ2n) is 9.90. The quantitative estimate of drug-likeness (QED) is 0.100. The van der Waals surface area contributed by atoms with Gasteiger partial charge in [0.1, 0.15) is 12.6 Å². The lowest BCUT2D eigenvalue weighted by Crippen LogP contribution is -3.00. The molecule has 0 heterocycles. The summed E-state index contributed by atoms with van der Waals surface area (Å²) in [5.74, 6) is 0. The molecule has 35 heavy (non-hydrogen) atoms. The van der Waals surface area contributed by atoms with Crippen LogP contribution in [0.15, 0.2) is 24.3 Å². The fourth-order valence-corrected chi connectivity index (χ4v) is 4.04. The van der Waals surface area contributed by atoms with Gasteiger partial charge in [0.2, 0.25) is 0 Å². The molecule has 0 saturated carbocycles. The number of rotatable bonds is 28. The second kappa shape index (κ2) is 33.8. The summed E-state index contributed by atoms with van der Waals surface area (Å²) >= 11 is 0. The van der Waals surface area contributed by atoms with E-state index in [2.05, 4.69) is 43.9 Å². The lowest BCUT2D eigenvalue weighted by atomic mass is 10.1. The summed E-state index contributed by atoms with van der Waals surface area (Å²) in [6.07, 6.45) is 35.7. The first-order valence-corrected chi connectivity index (χ1v) is 15.1. The molecule has 0 bridgehead atoms. The third-order valence-electron chi connectivity index (χ3n) is 6.44. The zero-order chi connectivity index (χ0) is 24.8. The minimum absolute atomic E-state index is 0. The van der Waals surface area contributed by atoms with Crippen LogP contribution >= 0.6 is 0 Å². The van der Waals surface area contributed by atoms with E-state index in [1.165, 1.54) is 128 Å². The summed E-state index contributed by atoms with van der Waals surface area (Å²) in [5, 5.41) is 0. The van der Waals surface area contributed by atoms with E-state index in [1.54, 1.807) is 0 Å². The van der Waals surface area contributed by atoms with Gasteiger partial charge in [0.05, 0.1) is 6.61 Å². The predicted molar refractivity (Wildman–Crippen MR) is 150 cm³/mol. The van der Waals surface area contributed by atoms with Crippen LogP contribution in [-0.2, 0) is 9.47 Å². The number of ether oxygens (including phenoxy) is 2. The lowest BCUT2D eigenvalue weighted by molar-refractivity contribution is -0.388. The smallest absolute Gasteiger partial charge is 0.129 e. The van der Waals surface area contributed by atoms with E-state index in [1.807, 2.05) is 0 Å². The van der Waals surface area contributed by atoms with Gasteiger partial charge in [-0.3, -0.25) is 0 Å². The average Bonchev–Trinajstić information content (AvgIpc) is 2.85. The summed E-state index contributed by atoms with van der Waals surface area (Å²) in [6.45, 7) is 7.75. The van der Waals surface area contributed by atoms with Crippen molar-refractivity contribution < 1.29 is 32.2 Å². The van der Waals surface area contributed by atoms with Crippen LogP contribution in [0.2, 0.25) is 0 Å². The van der Waals surface area contributed by atoms with Gasteiger partial charge in [-0.15, -0.1) is 0 Å². The normalized spacial score (nSPS) is 12.5. The van der Waals surface area contributed by atoms with E-state index >= 15 is 0 Å². The fraction of sp³-hybridized carbons (Fsp3) is 0.871. The zero-order valence-electron chi connectivity index (χ0n) is 23.8. The number of unbranched alkanes of at least 4 members (excludes halogenated alkanes) is 16. The van der Waals surface area contributed by atoms with Crippen molar-refractivity contribution in [2.45, 2.75) is 148 Å². The van der Waals surface area contributed by atoms with Crippen LogP contribution in [0.5, 0.6) is 0 Å². The highest BCUT2D eigenvalue weighted by molar-refractivity contribution is 4.81. The first-order chi connectivity index (χ1) is 16.8. The number of quaternary nitrogens is 1. The van der Waals surface area contributed by atoms with E-state index in [0.717, 1.165) is 19.8 Å². The molecule has 0 aromatic rings. The molecule has 0 aliphatic rings. The van der Waals surface area contributed by atoms with E-state index in [4.69, 9.17) is 9.47 Å². The molecule has 0 amide bonds.